The van der Waals surface area contributed by atoms with Crippen LogP contribution in [0.5, 0.6) is 0 Å². The Kier molecular flexibility index (Phi) is 12.9. The van der Waals surface area contributed by atoms with Gasteiger partial charge in [-0.2, -0.15) is 26.3 Å². The van der Waals surface area contributed by atoms with E-state index in [1.54, 1.807) is 19.6 Å². The van der Waals surface area contributed by atoms with Crippen molar-refractivity contribution in [2.75, 3.05) is 0 Å². The molecule has 0 radical (unpaired) electrons. The van der Waals surface area contributed by atoms with Crippen molar-refractivity contribution in [2.24, 2.45) is 23.2 Å². The first-order valence-electron chi connectivity index (χ1n) is 23.7. The molecule has 0 heterocycles. The Balaban J connectivity index is 2.09. The lowest BCUT2D eigenvalue weighted by molar-refractivity contribution is -0.340. The van der Waals surface area contributed by atoms with Crippen LogP contribution in [-0.2, 0) is 13.3 Å². The second-order valence-corrected chi connectivity index (χ2v) is 34.4. The van der Waals surface area contributed by atoms with E-state index in [1.165, 1.54) is 19.6 Å². The van der Waals surface area contributed by atoms with E-state index in [9.17, 15) is 26.3 Å². The summed E-state index contributed by atoms with van der Waals surface area (Å²) in [6, 6.07) is 0. The van der Waals surface area contributed by atoms with E-state index >= 15 is 4.39 Å². The first kappa shape index (κ1) is 41.4. The summed E-state index contributed by atoms with van der Waals surface area (Å²) >= 11 is 0. The zero-order valence-electron chi connectivity index (χ0n) is 42.6. The van der Waals surface area contributed by atoms with Crippen LogP contribution in [0.3, 0.4) is 0 Å². The predicted octanol–water partition coefficient (Wildman–Crippen LogP) is 15.2. The number of halogens is 7. The highest BCUT2D eigenvalue weighted by Gasteiger charge is 2.71. The predicted molar refractivity (Wildman–Crippen MR) is 229 cm³/mol. The molecule has 3 fully saturated rings. The second kappa shape index (κ2) is 17.8. The normalized spacial score (nSPS) is 30.5. The molecule has 0 spiro atoms. The van der Waals surface area contributed by atoms with Crippen LogP contribution in [0.15, 0.2) is 47.6 Å². The van der Waals surface area contributed by atoms with Gasteiger partial charge in [0.05, 0.1) is 11.7 Å². The molecule has 0 bridgehead atoms. The molecule has 3 saturated carbocycles. The van der Waals surface area contributed by atoms with Crippen molar-refractivity contribution in [3.63, 3.8) is 0 Å². The Hall–Kier alpha value is -0.999. The Morgan fingerprint density at radius 3 is 2.04 bits per heavy atom. The summed E-state index contributed by atoms with van der Waals surface area (Å²) in [7, 11) is -8.46. The molecule has 3 rings (SSSR count). The molecular weight excluding hydrogens is 794 g/mol. The summed E-state index contributed by atoms with van der Waals surface area (Å²) < 4.78 is 171. The van der Waals surface area contributed by atoms with Crippen LogP contribution in [0, 0.1) is 23.2 Å². The maximum absolute atomic E-state index is 15.5. The van der Waals surface area contributed by atoms with Crippen LogP contribution < -0.4 is 0 Å². The summed E-state index contributed by atoms with van der Waals surface area (Å²) in [4.78, 5) is 0. The van der Waals surface area contributed by atoms with Crippen LogP contribution >= 0.6 is 0 Å². The van der Waals surface area contributed by atoms with Crippen molar-refractivity contribution in [1.29, 1.82) is 0 Å². The SMILES string of the molecule is [2H]C([2H])([2H])C(CCC[C@H](C/C=C\C(O[Si](C)(C)C)(C(F)(F)F)C(F)(F)F)[C@H]1CC[C@H]2/C(=C/C=C3/C[C@@H](O[Si](C)(C)C(C)(C)C)C[C@H](F)C3=C)CCC[C@]12C)(O[Si](C)(C)C)C([2H])([2H])[2H]. The van der Waals surface area contributed by atoms with Gasteiger partial charge in [0.25, 0.3) is 5.60 Å². The fraction of sp³-hybridized carbons (Fsp3) is 0.818. The maximum atomic E-state index is 15.5. The van der Waals surface area contributed by atoms with Gasteiger partial charge in [0, 0.05) is 14.6 Å². The smallest absolute Gasteiger partial charge is 0.413 e. The summed E-state index contributed by atoms with van der Waals surface area (Å²) in [6.45, 7) is 19.6. The molecule has 0 aromatic carbocycles. The fourth-order valence-corrected chi connectivity index (χ4v) is 13.0. The highest BCUT2D eigenvalue weighted by Crippen LogP contribution is 2.61. The number of alkyl halides is 7. The van der Waals surface area contributed by atoms with Gasteiger partial charge in [-0.3, -0.25) is 0 Å². The molecule has 6 atom stereocenters. The van der Waals surface area contributed by atoms with Crippen LogP contribution in [-0.4, -0.2) is 60.8 Å². The van der Waals surface area contributed by atoms with Gasteiger partial charge >= 0.3 is 12.4 Å². The number of allylic oxidation sites excluding steroid dienone is 5. The Labute approximate surface area is 352 Å². The first-order valence-corrected chi connectivity index (χ1v) is 30.4. The fourth-order valence-electron chi connectivity index (χ4n) is 9.22. The van der Waals surface area contributed by atoms with Gasteiger partial charge in [-0.05, 0) is 169 Å². The van der Waals surface area contributed by atoms with Gasteiger partial charge in [-0.15, -0.1) is 0 Å². The topological polar surface area (TPSA) is 27.7 Å². The minimum atomic E-state index is -5.82. The zero-order chi connectivity index (χ0) is 48.8. The van der Waals surface area contributed by atoms with Crippen molar-refractivity contribution in [1.82, 2.24) is 0 Å². The standard InChI is InChI=1S/C44H75F7O3Si3/c1-31-34(29-35(30-38(31)45)52-57(14,15)39(2,3)4)23-22-33-20-17-27-41(7)36(24-25-37(33)41)32(19-16-26-40(5,6)53-55(8,9)10)21-18-28-42(43(46,47)48,44(49,50)51)54-56(11,12)13/h18,22-23,28,32,35-38H,1,16-17,19-21,24-27,29-30H2,2-15H3/b28-18-,33-22+,34-23-/t32-,35-,36-,37+,38+,41-/m1/s1/i5D3,6D3. The molecule has 0 amide bonds. The minimum Gasteiger partial charge on any atom is -0.413 e. The number of fused-ring (bicyclic) bond motifs is 1. The molecular formula is C44H75F7O3Si3. The number of rotatable bonds is 15. The Morgan fingerprint density at radius 1 is 0.912 bits per heavy atom. The largest absolute Gasteiger partial charge is 0.429 e. The third-order valence-corrected chi connectivity index (χ3v) is 19.2. The minimum absolute atomic E-state index is 0.00841. The van der Waals surface area contributed by atoms with Gasteiger partial charge in [0.1, 0.15) is 6.17 Å². The van der Waals surface area contributed by atoms with Gasteiger partial charge in [-0.25, -0.2) is 4.39 Å². The van der Waals surface area contributed by atoms with Gasteiger partial charge in [-0.1, -0.05) is 64.5 Å². The first-order chi connectivity index (χ1) is 28.0. The molecule has 0 unspecified atom stereocenters. The van der Waals surface area contributed by atoms with E-state index in [-0.39, 0.29) is 54.7 Å². The molecule has 0 saturated heterocycles. The maximum Gasteiger partial charge on any atom is 0.429 e. The lowest BCUT2D eigenvalue weighted by Gasteiger charge is -2.45. The second-order valence-electron chi connectivity index (χ2n) is 20.7. The molecule has 3 aliphatic carbocycles. The van der Waals surface area contributed by atoms with E-state index < -0.39 is 86.1 Å². The van der Waals surface area contributed by atoms with E-state index in [1.807, 2.05) is 12.2 Å². The molecule has 0 aromatic rings. The molecule has 0 N–H and O–H groups in total. The van der Waals surface area contributed by atoms with E-state index in [0.29, 0.717) is 24.8 Å². The highest BCUT2D eigenvalue weighted by atomic mass is 28.4. The average molecular weight is 875 g/mol. The average Bonchev–Trinajstić information content (AvgIpc) is 3.40. The van der Waals surface area contributed by atoms with Crippen molar-refractivity contribution < 1.29 is 52.2 Å². The Morgan fingerprint density at radius 2 is 1.51 bits per heavy atom. The summed E-state index contributed by atoms with van der Waals surface area (Å²) in [6.07, 6.45) is -4.38. The third-order valence-electron chi connectivity index (χ3n) is 12.8. The quantitative estimate of drug-likeness (QED) is 0.0932. The Bertz CT molecular complexity index is 1660. The monoisotopic (exact) mass is 875 g/mol. The third kappa shape index (κ3) is 12.8. The molecule has 330 valence electrons. The highest BCUT2D eigenvalue weighted by molar-refractivity contribution is 6.74. The molecule has 13 heteroatoms. The van der Waals surface area contributed by atoms with E-state index in [4.69, 9.17) is 21.5 Å². The van der Waals surface area contributed by atoms with Crippen LogP contribution in [0.25, 0.3) is 0 Å². The summed E-state index contributed by atoms with van der Waals surface area (Å²) in [5.41, 5.74) is -5.17. The zero-order valence-corrected chi connectivity index (χ0v) is 39.6. The lowest BCUT2D eigenvalue weighted by atomic mass is 9.60. The molecule has 57 heavy (non-hydrogen) atoms. The summed E-state index contributed by atoms with van der Waals surface area (Å²) in [5.74, 6) is -0.755. The van der Waals surface area contributed by atoms with Crippen LogP contribution in [0.4, 0.5) is 30.7 Å². The molecule has 3 aliphatic rings. The molecule has 3 nitrogen and oxygen atoms in total. The van der Waals surface area contributed by atoms with Crippen molar-refractivity contribution in [2.45, 2.75) is 205 Å². The van der Waals surface area contributed by atoms with Crippen molar-refractivity contribution in [3.8, 4) is 0 Å². The number of hydrogen-bond acceptors (Lipinski definition) is 3. The van der Waals surface area contributed by atoms with Gasteiger partial charge in [0.15, 0.2) is 25.0 Å². The van der Waals surface area contributed by atoms with E-state index in [0.717, 1.165) is 36.5 Å². The molecule has 0 aromatic heterocycles. The van der Waals surface area contributed by atoms with Gasteiger partial charge < -0.3 is 13.3 Å². The van der Waals surface area contributed by atoms with Gasteiger partial charge in [0.2, 0.25) is 0 Å². The van der Waals surface area contributed by atoms with Crippen molar-refractivity contribution in [3.05, 3.63) is 47.6 Å². The van der Waals surface area contributed by atoms with E-state index in [2.05, 4.69) is 47.4 Å². The van der Waals surface area contributed by atoms with Crippen molar-refractivity contribution >= 4 is 25.0 Å². The molecule has 0 aliphatic heterocycles. The lowest BCUT2D eigenvalue weighted by Crippen LogP contribution is -2.61. The number of hydrogen-bond donors (Lipinski definition) is 0. The van der Waals surface area contributed by atoms with Crippen LogP contribution in [0.1, 0.15) is 120 Å². The summed E-state index contributed by atoms with van der Waals surface area (Å²) in [5, 5.41) is -0.0598. The van der Waals surface area contributed by atoms with Crippen LogP contribution in [0.2, 0.25) is 57.4 Å².